The molecular formula is C17H24N2O2. The molecule has 4 heteroatoms. The Bertz CT molecular complexity index is 530. The quantitative estimate of drug-likeness (QED) is 0.892. The number of hydrogen-bond donors (Lipinski definition) is 2. The molecule has 4 nitrogen and oxygen atoms in total. The van der Waals surface area contributed by atoms with Crippen molar-refractivity contribution in [2.45, 2.75) is 44.8 Å². The second-order valence-corrected chi connectivity index (χ2v) is 6.31. The van der Waals surface area contributed by atoms with Gasteiger partial charge in [0.05, 0.1) is 12.0 Å². The summed E-state index contributed by atoms with van der Waals surface area (Å²) in [7, 11) is 2.13. The van der Waals surface area contributed by atoms with Crippen molar-refractivity contribution in [3.05, 3.63) is 29.3 Å². The van der Waals surface area contributed by atoms with Crippen LogP contribution in [0.5, 0.6) is 0 Å². The van der Waals surface area contributed by atoms with Crippen LogP contribution in [-0.2, 0) is 17.8 Å². The van der Waals surface area contributed by atoms with Gasteiger partial charge in [-0.25, -0.2) is 0 Å². The van der Waals surface area contributed by atoms with Gasteiger partial charge < -0.3 is 15.3 Å². The number of anilines is 1. The summed E-state index contributed by atoms with van der Waals surface area (Å²) < 4.78 is 0. The van der Waals surface area contributed by atoms with E-state index in [4.69, 9.17) is 0 Å². The number of hydrogen-bond acceptors (Lipinski definition) is 3. The van der Waals surface area contributed by atoms with Crippen molar-refractivity contribution in [2.75, 3.05) is 18.5 Å². The Morgan fingerprint density at radius 1 is 1.38 bits per heavy atom. The SMILES string of the molecule is CN1CCCc2cc(CNC(=O)C3CCCC3O)ccc21. The van der Waals surface area contributed by atoms with Crippen LogP contribution in [0, 0.1) is 5.92 Å². The van der Waals surface area contributed by atoms with Gasteiger partial charge in [-0.15, -0.1) is 0 Å². The molecule has 3 rings (SSSR count). The van der Waals surface area contributed by atoms with E-state index in [2.05, 4.69) is 35.5 Å². The molecule has 2 aliphatic rings. The number of aliphatic hydroxyl groups excluding tert-OH is 1. The van der Waals surface area contributed by atoms with Gasteiger partial charge in [-0.05, 0) is 49.3 Å². The van der Waals surface area contributed by atoms with E-state index in [1.165, 1.54) is 17.7 Å². The average Bonchev–Trinajstić information content (AvgIpc) is 2.91. The molecule has 1 aromatic rings. The molecule has 1 heterocycles. The van der Waals surface area contributed by atoms with Gasteiger partial charge in [0.1, 0.15) is 0 Å². The minimum absolute atomic E-state index is 0.00478. The number of carbonyl (C=O) groups is 1. The topological polar surface area (TPSA) is 52.6 Å². The number of carbonyl (C=O) groups excluding carboxylic acids is 1. The van der Waals surface area contributed by atoms with Crippen molar-refractivity contribution in [3.8, 4) is 0 Å². The normalized spacial score (nSPS) is 24.8. The third-order valence-electron chi connectivity index (χ3n) is 4.78. The Hall–Kier alpha value is -1.55. The molecule has 0 bridgehead atoms. The zero-order valence-electron chi connectivity index (χ0n) is 12.6. The molecule has 0 radical (unpaired) electrons. The van der Waals surface area contributed by atoms with Gasteiger partial charge in [0, 0.05) is 25.8 Å². The summed E-state index contributed by atoms with van der Waals surface area (Å²) in [6.45, 7) is 1.67. The standard InChI is InChI=1S/C17H24N2O2/c1-19-9-3-4-13-10-12(7-8-15(13)19)11-18-17(21)14-5-2-6-16(14)20/h7-8,10,14,16,20H,2-6,9,11H2,1H3,(H,18,21). The number of nitrogens with one attached hydrogen (secondary N) is 1. The molecule has 2 N–H and O–H groups in total. The number of aryl methyl sites for hydroxylation is 1. The number of aliphatic hydroxyl groups is 1. The monoisotopic (exact) mass is 288 g/mol. The molecule has 0 aromatic heterocycles. The first kappa shape index (κ1) is 14.4. The smallest absolute Gasteiger partial charge is 0.225 e. The lowest BCUT2D eigenvalue weighted by Gasteiger charge is -2.28. The van der Waals surface area contributed by atoms with Crippen LogP contribution in [0.4, 0.5) is 5.69 Å². The first-order valence-electron chi connectivity index (χ1n) is 7.94. The summed E-state index contributed by atoms with van der Waals surface area (Å²) in [5, 5.41) is 12.8. The van der Waals surface area contributed by atoms with E-state index in [9.17, 15) is 9.90 Å². The summed E-state index contributed by atoms with van der Waals surface area (Å²) in [6.07, 6.45) is 4.36. The first-order valence-corrected chi connectivity index (χ1v) is 7.94. The fraction of sp³-hybridized carbons (Fsp3) is 0.588. The van der Waals surface area contributed by atoms with Gasteiger partial charge >= 0.3 is 0 Å². The summed E-state index contributed by atoms with van der Waals surface area (Å²) in [5.41, 5.74) is 3.82. The highest BCUT2D eigenvalue weighted by molar-refractivity contribution is 5.79. The average molecular weight is 288 g/mol. The van der Waals surface area contributed by atoms with E-state index in [1.54, 1.807) is 0 Å². The van der Waals surface area contributed by atoms with Crippen molar-refractivity contribution in [1.82, 2.24) is 5.32 Å². The molecule has 0 saturated heterocycles. The predicted molar refractivity (Wildman–Crippen MR) is 83.2 cm³/mol. The van der Waals surface area contributed by atoms with Crippen molar-refractivity contribution in [3.63, 3.8) is 0 Å². The van der Waals surface area contributed by atoms with Crippen molar-refractivity contribution >= 4 is 11.6 Å². The number of nitrogens with zero attached hydrogens (tertiary/aromatic N) is 1. The maximum absolute atomic E-state index is 12.1. The Morgan fingerprint density at radius 2 is 2.24 bits per heavy atom. The zero-order valence-corrected chi connectivity index (χ0v) is 12.6. The summed E-state index contributed by atoms with van der Waals surface area (Å²) in [5.74, 6) is -0.219. The van der Waals surface area contributed by atoms with E-state index >= 15 is 0 Å². The highest BCUT2D eigenvalue weighted by Crippen LogP contribution is 2.27. The number of benzene rings is 1. The maximum Gasteiger partial charge on any atom is 0.225 e. The molecule has 2 atom stereocenters. The molecule has 1 saturated carbocycles. The second-order valence-electron chi connectivity index (χ2n) is 6.31. The lowest BCUT2D eigenvalue weighted by Crippen LogP contribution is -2.34. The van der Waals surface area contributed by atoms with Gasteiger partial charge in [0.2, 0.25) is 5.91 Å². The van der Waals surface area contributed by atoms with E-state index in [0.29, 0.717) is 6.54 Å². The van der Waals surface area contributed by atoms with Gasteiger partial charge in [-0.2, -0.15) is 0 Å². The molecule has 1 fully saturated rings. The van der Waals surface area contributed by atoms with Crippen molar-refractivity contribution in [2.24, 2.45) is 5.92 Å². The van der Waals surface area contributed by atoms with Crippen LogP contribution in [0.1, 0.15) is 36.8 Å². The summed E-state index contributed by atoms with van der Waals surface area (Å²) >= 11 is 0. The zero-order chi connectivity index (χ0) is 14.8. The summed E-state index contributed by atoms with van der Waals surface area (Å²) in [4.78, 5) is 14.4. The van der Waals surface area contributed by atoms with Crippen LogP contribution >= 0.6 is 0 Å². The van der Waals surface area contributed by atoms with Crippen LogP contribution in [0.3, 0.4) is 0 Å². The molecule has 114 valence electrons. The van der Waals surface area contributed by atoms with E-state index in [-0.39, 0.29) is 11.8 Å². The second kappa shape index (κ2) is 6.06. The van der Waals surface area contributed by atoms with Crippen LogP contribution < -0.4 is 10.2 Å². The van der Waals surface area contributed by atoms with E-state index in [1.807, 2.05) is 0 Å². The highest BCUT2D eigenvalue weighted by Gasteiger charge is 2.31. The lowest BCUT2D eigenvalue weighted by atomic mass is 9.99. The molecule has 1 amide bonds. The van der Waals surface area contributed by atoms with Gasteiger partial charge in [0.25, 0.3) is 0 Å². The maximum atomic E-state index is 12.1. The molecule has 1 aliphatic carbocycles. The van der Waals surface area contributed by atoms with Crippen molar-refractivity contribution < 1.29 is 9.90 Å². The molecule has 21 heavy (non-hydrogen) atoms. The lowest BCUT2D eigenvalue weighted by molar-refractivity contribution is -0.127. The van der Waals surface area contributed by atoms with Crippen LogP contribution in [0.15, 0.2) is 18.2 Å². The van der Waals surface area contributed by atoms with E-state index in [0.717, 1.165) is 37.8 Å². The molecule has 1 aromatic carbocycles. The minimum Gasteiger partial charge on any atom is -0.392 e. The molecule has 0 spiro atoms. The van der Waals surface area contributed by atoms with E-state index < -0.39 is 6.10 Å². The van der Waals surface area contributed by atoms with Crippen molar-refractivity contribution in [1.29, 1.82) is 0 Å². The van der Waals surface area contributed by atoms with Crippen LogP contribution in [0.25, 0.3) is 0 Å². The van der Waals surface area contributed by atoms with Gasteiger partial charge in [-0.3, -0.25) is 4.79 Å². The molecule has 1 aliphatic heterocycles. The highest BCUT2D eigenvalue weighted by atomic mass is 16.3. The minimum atomic E-state index is -0.456. The largest absolute Gasteiger partial charge is 0.392 e. The molecule has 2 unspecified atom stereocenters. The molecular weight excluding hydrogens is 264 g/mol. The van der Waals surface area contributed by atoms with Gasteiger partial charge in [-0.1, -0.05) is 12.1 Å². The number of amides is 1. The summed E-state index contributed by atoms with van der Waals surface area (Å²) in [6, 6.07) is 6.45. The Morgan fingerprint density at radius 3 is 3.00 bits per heavy atom. The van der Waals surface area contributed by atoms with Crippen LogP contribution in [0.2, 0.25) is 0 Å². The third kappa shape index (κ3) is 3.05. The first-order chi connectivity index (χ1) is 10.1. The fourth-order valence-electron chi connectivity index (χ4n) is 3.52. The Balaban J connectivity index is 1.62. The van der Waals surface area contributed by atoms with Crippen LogP contribution in [-0.4, -0.2) is 30.7 Å². The predicted octanol–water partition coefficient (Wildman–Crippen LogP) is 1.85. The Labute approximate surface area is 126 Å². The third-order valence-corrected chi connectivity index (χ3v) is 4.78. The number of fused-ring (bicyclic) bond motifs is 1. The van der Waals surface area contributed by atoms with Gasteiger partial charge in [0.15, 0.2) is 0 Å². The Kier molecular flexibility index (Phi) is 4.15. The fourth-order valence-corrected chi connectivity index (χ4v) is 3.52. The number of rotatable bonds is 3.